The molecule has 0 saturated carbocycles. The quantitative estimate of drug-likeness (QED) is 0.648. The van der Waals surface area contributed by atoms with E-state index in [9.17, 15) is 4.79 Å². The smallest absolute Gasteiger partial charge is 0.237 e. The highest BCUT2D eigenvalue weighted by atomic mass is 79.9. The van der Waals surface area contributed by atoms with E-state index in [-0.39, 0.29) is 5.91 Å². The largest absolute Gasteiger partial charge is 0.319 e. The molecule has 1 aliphatic rings. The predicted molar refractivity (Wildman–Crippen MR) is 48.5 cm³/mol. The van der Waals surface area contributed by atoms with Gasteiger partial charge in [0.2, 0.25) is 5.91 Å². The fourth-order valence-corrected chi connectivity index (χ4v) is 1.58. The summed E-state index contributed by atoms with van der Waals surface area (Å²) in [4.78, 5) is 12.9. The van der Waals surface area contributed by atoms with E-state index in [0.29, 0.717) is 5.33 Å². The highest BCUT2D eigenvalue weighted by Gasteiger charge is 2.14. The summed E-state index contributed by atoms with van der Waals surface area (Å²) in [6, 6.07) is 0. The van der Waals surface area contributed by atoms with Crippen LogP contribution in [-0.2, 0) is 4.79 Å². The predicted octanol–water partition coefficient (Wildman–Crippen LogP) is 1.91. The standard InChI is InChI=1S/C8H12BrNO/c1-10(8(11)6-9)7-4-2-3-5-7/h4H,2-3,5-6H2,1H3. The molecule has 1 amide bonds. The van der Waals surface area contributed by atoms with Gasteiger partial charge in [0.25, 0.3) is 0 Å². The molecule has 0 radical (unpaired) electrons. The van der Waals surface area contributed by atoms with Crippen LogP contribution in [-0.4, -0.2) is 23.2 Å². The van der Waals surface area contributed by atoms with Crippen molar-refractivity contribution in [1.29, 1.82) is 0 Å². The van der Waals surface area contributed by atoms with Crippen molar-refractivity contribution in [3.63, 3.8) is 0 Å². The lowest BCUT2D eigenvalue weighted by molar-refractivity contribution is -0.125. The fraction of sp³-hybridized carbons (Fsp3) is 0.625. The molecule has 0 aromatic carbocycles. The number of hydrogen-bond donors (Lipinski definition) is 0. The number of halogens is 1. The highest BCUT2D eigenvalue weighted by molar-refractivity contribution is 9.09. The SMILES string of the molecule is CN(C(=O)CBr)C1=CCCC1. The van der Waals surface area contributed by atoms with Crippen LogP contribution in [0.2, 0.25) is 0 Å². The number of carbonyl (C=O) groups excluding carboxylic acids is 1. The third-order valence-corrected chi connectivity index (χ3v) is 2.42. The summed E-state index contributed by atoms with van der Waals surface area (Å²) in [5.74, 6) is 0.137. The third kappa shape index (κ3) is 2.06. The van der Waals surface area contributed by atoms with Crippen LogP contribution in [0.5, 0.6) is 0 Å². The fourth-order valence-electron chi connectivity index (χ4n) is 1.21. The summed E-state index contributed by atoms with van der Waals surface area (Å²) >= 11 is 3.14. The molecule has 0 atom stereocenters. The van der Waals surface area contributed by atoms with Gasteiger partial charge in [-0.3, -0.25) is 4.79 Å². The molecule has 3 heteroatoms. The van der Waals surface area contributed by atoms with Gasteiger partial charge in [0.15, 0.2) is 0 Å². The first kappa shape index (κ1) is 8.78. The zero-order valence-corrected chi connectivity index (χ0v) is 8.23. The first-order valence-corrected chi connectivity index (χ1v) is 4.89. The summed E-state index contributed by atoms with van der Waals surface area (Å²) in [6.45, 7) is 0. The molecule has 0 aromatic heterocycles. The number of amides is 1. The molecule has 1 aliphatic carbocycles. The molecule has 62 valence electrons. The van der Waals surface area contributed by atoms with Gasteiger partial charge in [0, 0.05) is 12.7 Å². The van der Waals surface area contributed by atoms with Crippen molar-refractivity contribution in [2.24, 2.45) is 0 Å². The van der Waals surface area contributed by atoms with E-state index < -0.39 is 0 Å². The zero-order chi connectivity index (χ0) is 8.27. The van der Waals surface area contributed by atoms with E-state index in [1.165, 1.54) is 12.1 Å². The minimum absolute atomic E-state index is 0.137. The summed E-state index contributed by atoms with van der Waals surface area (Å²) in [7, 11) is 1.83. The Kier molecular flexibility index (Phi) is 3.12. The second-order valence-electron chi connectivity index (χ2n) is 2.67. The molecular weight excluding hydrogens is 206 g/mol. The van der Waals surface area contributed by atoms with Crippen LogP contribution in [0.25, 0.3) is 0 Å². The minimum atomic E-state index is 0.137. The minimum Gasteiger partial charge on any atom is -0.319 e. The van der Waals surface area contributed by atoms with E-state index in [0.717, 1.165) is 12.8 Å². The lowest BCUT2D eigenvalue weighted by atomic mass is 10.3. The van der Waals surface area contributed by atoms with Gasteiger partial charge < -0.3 is 4.90 Å². The van der Waals surface area contributed by atoms with Crippen molar-refractivity contribution in [1.82, 2.24) is 4.90 Å². The third-order valence-electron chi connectivity index (χ3n) is 1.94. The topological polar surface area (TPSA) is 20.3 Å². The van der Waals surface area contributed by atoms with Gasteiger partial charge >= 0.3 is 0 Å². The van der Waals surface area contributed by atoms with Crippen molar-refractivity contribution in [3.8, 4) is 0 Å². The van der Waals surface area contributed by atoms with Crippen molar-refractivity contribution >= 4 is 21.8 Å². The monoisotopic (exact) mass is 217 g/mol. The Bertz CT molecular complexity index is 189. The molecule has 2 nitrogen and oxygen atoms in total. The number of carbonyl (C=O) groups is 1. The Labute approximate surface area is 75.4 Å². The summed E-state index contributed by atoms with van der Waals surface area (Å²) in [6.07, 6.45) is 5.50. The molecule has 0 unspecified atom stereocenters. The van der Waals surface area contributed by atoms with E-state index in [2.05, 4.69) is 22.0 Å². The molecule has 0 aliphatic heterocycles. The van der Waals surface area contributed by atoms with Gasteiger partial charge in [-0.15, -0.1) is 0 Å². The number of hydrogen-bond acceptors (Lipinski definition) is 1. The Morgan fingerprint density at radius 2 is 2.55 bits per heavy atom. The van der Waals surface area contributed by atoms with Crippen molar-refractivity contribution < 1.29 is 4.79 Å². The van der Waals surface area contributed by atoms with Crippen LogP contribution >= 0.6 is 15.9 Å². The zero-order valence-electron chi connectivity index (χ0n) is 6.64. The highest BCUT2D eigenvalue weighted by Crippen LogP contribution is 2.20. The molecule has 11 heavy (non-hydrogen) atoms. The van der Waals surface area contributed by atoms with Crippen molar-refractivity contribution in [2.45, 2.75) is 19.3 Å². The number of alkyl halides is 1. The molecule has 0 fully saturated rings. The van der Waals surface area contributed by atoms with Gasteiger partial charge in [-0.1, -0.05) is 22.0 Å². The number of rotatable bonds is 2. The Morgan fingerprint density at radius 1 is 1.82 bits per heavy atom. The molecular formula is C8H12BrNO. The van der Waals surface area contributed by atoms with Crippen molar-refractivity contribution in [2.75, 3.05) is 12.4 Å². The van der Waals surface area contributed by atoms with Crippen LogP contribution in [0.4, 0.5) is 0 Å². The van der Waals surface area contributed by atoms with E-state index in [1.807, 2.05) is 7.05 Å². The van der Waals surface area contributed by atoms with Gasteiger partial charge in [0.1, 0.15) is 0 Å². The first-order valence-electron chi connectivity index (χ1n) is 3.77. The summed E-state index contributed by atoms with van der Waals surface area (Å²) in [5.41, 5.74) is 1.18. The van der Waals surface area contributed by atoms with E-state index >= 15 is 0 Å². The van der Waals surface area contributed by atoms with E-state index in [1.54, 1.807) is 4.90 Å². The lowest BCUT2D eigenvalue weighted by Gasteiger charge is -2.16. The molecule has 0 aromatic rings. The molecule has 0 N–H and O–H groups in total. The second-order valence-corrected chi connectivity index (χ2v) is 3.23. The maximum atomic E-state index is 11.1. The van der Waals surface area contributed by atoms with Crippen LogP contribution in [0.15, 0.2) is 11.8 Å². The van der Waals surface area contributed by atoms with Crippen LogP contribution in [0, 0.1) is 0 Å². The molecule has 0 spiro atoms. The average Bonchev–Trinajstić information content (AvgIpc) is 2.53. The second kappa shape index (κ2) is 3.90. The Hall–Kier alpha value is -0.310. The van der Waals surface area contributed by atoms with Crippen LogP contribution < -0.4 is 0 Å². The summed E-state index contributed by atoms with van der Waals surface area (Å²) < 4.78 is 0. The maximum absolute atomic E-state index is 11.1. The van der Waals surface area contributed by atoms with Crippen LogP contribution in [0.3, 0.4) is 0 Å². The Morgan fingerprint density at radius 3 is 3.00 bits per heavy atom. The first-order chi connectivity index (χ1) is 5.25. The average molecular weight is 218 g/mol. The number of allylic oxidation sites excluding steroid dienone is 2. The lowest BCUT2D eigenvalue weighted by Crippen LogP contribution is -2.26. The maximum Gasteiger partial charge on any atom is 0.237 e. The van der Waals surface area contributed by atoms with Gasteiger partial charge in [-0.25, -0.2) is 0 Å². The summed E-state index contributed by atoms with van der Waals surface area (Å²) in [5, 5.41) is 0.417. The van der Waals surface area contributed by atoms with Gasteiger partial charge in [0.05, 0.1) is 5.33 Å². The van der Waals surface area contributed by atoms with Crippen LogP contribution in [0.1, 0.15) is 19.3 Å². The molecule has 0 heterocycles. The van der Waals surface area contributed by atoms with Gasteiger partial charge in [-0.05, 0) is 19.3 Å². The molecule has 0 saturated heterocycles. The normalized spacial score (nSPS) is 16.4. The van der Waals surface area contributed by atoms with Crippen molar-refractivity contribution in [3.05, 3.63) is 11.8 Å². The Balaban J connectivity index is 2.52. The molecule has 1 rings (SSSR count). The molecule has 0 bridgehead atoms. The van der Waals surface area contributed by atoms with Gasteiger partial charge in [-0.2, -0.15) is 0 Å². The number of nitrogens with zero attached hydrogens (tertiary/aromatic N) is 1. The van der Waals surface area contributed by atoms with E-state index in [4.69, 9.17) is 0 Å².